The molecule has 2 unspecified atom stereocenters. The number of carboxylic acids is 1. The van der Waals surface area contributed by atoms with Gasteiger partial charge < -0.3 is 26.2 Å². The first kappa shape index (κ1) is 14.2. The number of amides is 3. The van der Waals surface area contributed by atoms with Gasteiger partial charge >= 0.3 is 12.0 Å². The molecule has 18 heavy (non-hydrogen) atoms. The average molecular weight is 259 g/mol. The van der Waals surface area contributed by atoms with Gasteiger partial charge in [-0.3, -0.25) is 4.79 Å². The summed E-state index contributed by atoms with van der Waals surface area (Å²) in [5, 5.41) is 24.5. The van der Waals surface area contributed by atoms with Crippen LogP contribution in [0.25, 0.3) is 0 Å². The molecule has 8 nitrogen and oxygen atoms in total. The third-order valence-corrected chi connectivity index (χ3v) is 2.41. The van der Waals surface area contributed by atoms with Crippen LogP contribution in [0.15, 0.2) is 0 Å². The maximum Gasteiger partial charge on any atom is 0.334 e. The summed E-state index contributed by atoms with van der Waals surface area (Å²) in [4.78, 5) is 33.0. The lowest BCUT2D eigenvalue weighted by Gasteiger charge is -2.15. The smallest absolute Gasteiger partial charge is 0.334 e. The zero-order chi connectivity index (χ0) is 13.7. The number of carboxylic acid groups (broad SMARTS) is 1. The van der Waals surface area contributed by atoms with Gasteiger partial charge in [0.05, 0.1) is 6.54 Å². The van der Waals surface area contributed by atoms with Crippen LogP contribution in [-0.2, 0) is 9.59 Å². The van der Waals surface area contributed by atoms with E-state index < -0.39 is 30.7 Å². The SMILES string of the molecule is CC(NC(=O)NCC(O)C(=O)O)C(=O)NC1CC1. The lowest BCUT2D eigenvalue weighted by atomic mass is 10.3. The van der Waals surface area contributed by atoms with Crippen molar-refractivity contribution in [3.8, 4) is 0 Å². The minimum atomic E-state index is -1.66. The molecular weight excluding hydrogens is 242 g/mol. The van der Waals surface area contributed by atoms with Crippen LogP contribution in [0.3, 0.4) is 0 Å². The molecule has 0 spiro atoms. The fourth-order valence-electron chi connectivity index (χ4n) is 1.14. The highest BCUT2D eigenvalue weighted by Gasteiger charge is 2.26. The van der Waals surface area contributed by atoms with E-state index in [1.807, 2.05) is 0 Å². The minimum Gasteiger partial charge on any atom is -0.479 e. The van der Waals surface area contributed by atoms with E-state index in [-0.39, 0.29) is 11.9 Å². The van der Waals surface area contributed by atoms with E-state index >= 15 is 0 Å². The van der Waals surface area contributed by atoms with E-state index in [1.54, 1.807) is 0 Å². The zero-order valence-corrected chi connectivity index (χ0v) is 9.97. The van der Waals surface area contributed by atoms with Crippen molar-refractivity contribution < 1.29 is 24.6 Å². The molecule has 0 aromatic heterocycles. The number of rotatable bonds is 6. The summed E-state index contributed by atoms with van der Waals surface area (Å²) < 4.78 is 0. The van der Waals surface area contributed by atoms with Gasteiger partial charge in [-0.2, -0.15) is 0 Å². The summed E-state index contributed by atoms with van der Waals surface area (Å²) in [6, 6.07) is -1.21. The molecule has 3 amide bonds. The number of carbonyl (C=O) groups excluding carboxylic acids is 2. The summed E-state index contributed by atoms with van der Waals surface area (Å²) >= 11 is 0. The highest BCUT2D eigenvalue weighted by molar-refractivity contribution is 5.87. The van der Waals surface area contributed by atoms with Gasteiger partial charge in [-0.1, -0.05) is 0 Å². The van der Waals surface area contributed by atoms with Crippen molar-refractivity contribution in [3.05, 3.63) is 0 Å². The second kappa shape index (κ2) is 6.20. The molecular formula is C10H17N3O5. The molecule has 0 radical (unpaired) electrons. The molecule has 0 aliphatic heterocycles. The summed E-state index contributed by atoms with van der Waals surface area (Å²) in [6.07, 6.45) is 0.247. The number of aliphatic hydroxyl groups excluding tert-OH is 1. The molecule has 8 heteroatoms. The standard InChI is InChI=1S/C10H17N3O5/c1-5(8(15)13-6-2-3-6)12-10(18)11-4-7(14)9(16)17/h5-7,14H,2-4H2,1H3,(H,13,15)(H,16,17)(H2,11,12,18). The fourth-order valence-corrected chi connectivity index (χ4v) is 1.14. The second-order valence-electron chi connectivity index (χ2n) is 4.21. The van der Waals surface area contributed by atoms with E-state index in [1.165, 1.54) is 6.92 Å². The molecule has 0 aromatic rings. The number of nitrogens with one attached hydrogen (secondary N) is 3. The van der Waals surface area contributed by atoms with Crippen LogP contribution >= 0.6 is 0 Å². The number of urea groups is 1. The normalized spacial score (nSPS) is 17.4. The predicted octanol–water partition coefficient (Wildman–Crippen LogP) is -1.60. The van der Waals surface area contributed by atoms with E-state index in [0.717, 1.165) is 12.8 Å². The topological polar surface area (TPSA) is 128 Å². The van der Waals surface area contributed by atoms with Gasteiger partial charge in [0.15, 0.2) is 6.10 Å². The van der Waals surface area contributed by atoms with Crippen molar-refractivity contribution in [1.29, 1.82) is 0 Å². The third kappa shape index (κ3) is 5.00. The molecule has 2 atom stereocenters. The maximum absolute atomic E-state index is 11.5. The molecule has 0 bridgehead atoms. The molecule has 1 fully saturated rings. The zero-order valence-electron chi connectivity index (χ0n) is 9.97. The molecule has 1 aliphatic carbocycles. The Kier molecular flexibility index (Phi) is 4.90. The van der Waals surface area contributed by atoms with Crippen molar-refractivity contribution in [1.82, 2.24) is 16.0 Å². The molecule has 0 heterocycles. The quantitative estimate of drug-likeness (QED) is 0.392. The van der Waals surface area contributed by atoms with Crippen molar-refractivity contribution in [3.63, 3.8) is 0 Å². The fraction of sp³-hybridized carbons (Fsp3) is 0.700. The average Bonchev–Trinajstić information content (AvgIpc) is 3.09. The Hall–Kier alpha value is -1.83. The van der Waals surface area contributed by atoms with Crippen LogP contribution in [-0.4, -0.2) is 52.9 Å². The minimum absolute atomic E-state index is 0.207. The summed E-state index contributed by atoms with van der Waals surface area (Å²) in [5.74, 6) is -1.71. The van der Waals surface area contributed by atoms with Gasteiger partial charge in [-0.05, 0) is 19.8 Å². The summed E-state index contributed by atoms with van der Waals surface area (Å²) in [7, 11) is 0. The van der Waals surface area contributed by atoms with Gasteiger partial charge in [0.25, 0.3) is 0 Å². The van der Waals surface area contributed by atoms with Gasteiger partial charge in [-0.25, -0.2) is 9.59 Å². The molecule has 5 N–H and O–H groups in total. The van der Waals surface area contributed by atoms with Crippen LogP contribution < -0.4 is 16.0 Å². The lowest BCUT2D eigenvalue weighted by molar-refractivity contribution is -0.146. The second-order valence-corrected chi connectivity index (χ2v) is 4.21. The van der Waals surface area contributed by atoms with Gasteiger partial charge in [-0.15, -0.1) is 0 Å². The Morgan fingerprint density at radius 3 is 2.44 bits per heavy atom. The van der Waals surface area contributed by atoms with Crippen molar-refractivity contribution in [2.24, 2.45) is 0 Å². The Morgan fingerprint density at radius 2 is 1.94 bits per heavy atom. The van der Waals surface area contributed by atoms with Gasteiger partial charge in [0.1, 0.15) is 6.04 Å². The monoisotopic (exact) mass is 259 g/mol. The highest BCUT2D eigenvalue weighted by atomic mass is 16.4. The van der Waals surface area contributed by atoms with Crippen LogP contribution in [0.2, 0.25) is 0 Å². The highest BCUT2D eigenvalue weighted by Crippen LogP contribution is 2.18. The molecule has 1 rings (SSSR count). The van der Waals surface area contributed by atoms with E-state index in [2.05, 4.69) is 16.0 Å². The van der Waals surface area contributed by atoms with E-state index in [0.29, 0.717) is 0 Å². The lowest BCUT2D eigenvalue weighted by Crippen LogP contribution is -2.50. The first-order chi connectivity index (χ1) is 8.40. The predicted molar refractivity (Wildman–Crippen MR) is 60.8 cm³/mol. The van der Waals surface area contributed by atoms with Crippen LogP contribution in [0.5, 0.6) is 0 Å². The van der Waals surface area contributed by atoms with Crippen molar-refractivity contribution in [2.45, 2.75) is 38.0 Å². The molecule has 102 valence electrons. The third-order valence-electron chi connectivity index (χ3n) is 2.41. The summed E-state index contributed by atoms with van der Waals surface area (Å²) in [5.41, 5.74) is 0. The number of hydrogen-bond donors (Lipinski definition) is 5. The number of hydrogen-bond acceptors (Lipinski definition) is 4. The largest absolute Gasteiger partial charge is 0.479 e. The van der Waals surface area contributed by atoms with Gasteiger partial charge in [0, 0.05) is 6.04 Å². The van der Waals surface area contributed by atoms with Crippen LogP contribution in [0.4, 0.5) is 4.79 Å². The molecule has 1 aliphatic rings. The molecule has 0 aromatic carbocycles. The van der Waals surface area contributed by atoms with E-state index in [4.69, 9.17) is 10.2 Å². The maximum atomic E-state index is 11.5. The van der Waals surface area contributed by atoms with Crippen molar-refractivity contribution >= 4 is 17.9 Å². The van der Waals surface area contributed by atoms with Gasteiger partial charge in [0.2, 0.25) is 5.91 Å². The molecule has 1 saturated carbocycles. The van der Waals surface area contributed by atoms with Crippen LogP contribution in [0.1, 0.15) is 19.8 Å². The first-order valence-corrected chi connectivity index (χ1v) is 5.65. The van der Waals surface area contributed by atoms with Crippen LogP contribution in [0, 0.1) is 0 Å². The Labute approximate surface area is 104 Å². The Morgan fingerprint density at radius 1 is 1.33 bits per heavy atom. The van der Waals surface area contributed by atoms with E-state index in [9.17, 15) is 14.4 Å². The molecule has 0 saturated heterocycles. The van der Waals surface area contributed by atoms with Crippen molar-refractivity contribution in [2.75, 3.05) is 6.54 Å². The number of aliphatic carboxylic acids is 1. The Bertz CT molecular complexity index is 342. The Balaban J connectivity index is 2.21. The number of aliphatic hydroxyl groups is 1. The number of carbonyl (C=O) groups is 3. The first-order valence-electron chi connectivity index (χ1n) is 5.65. The summed E-state index contributed by atoms with van der Waals surface area (Å²) in [6.45, 7) is 1.10.